The molecule has 0 radical (unpaired) electrons. The Hall–Kier alpha value is -2.18. The summed E-state index contributed by atoms with van der Waals surface area (Å²) in [5.41, 5.74) is 4.22. The van der Waals surface area contributed by atoms with E-state index in [0.717, 1.165) is 38.8 Å². The Labute approximate surface area is 162 Å². The van der Waals surface area contributed by atoms with Gasteiger partial charge in [0.1, 0.15) is 0 Å². The smallest absolute Gasteiger partial charge is 0.228 e. The lowest BCUT2D eigenvalue weighted by Crippen LogP contribution is -2.15. The molecular formula is C19H21ClN4OS. The predicted molar refractivity (Wildman–Crippen MR) is 106 cm³/mol. The van der Waals surface area contributed by atoms with Crippen molar-refractivity contribution in [1.82, 2.24) is 14.8 Å². The number of aryl methyl sites for hydroxylation is 4. The summed E-state index contributed by atoms with van der Waals surface area (Å²) in [6, 6.07) is 8.06. The van der Waals surface area contributed by atoms with Crippen molar-refractivity contribution in [3.63, 3.8) is 0 Å². The van der Waals surface area contributed by atoms with E-state index in [2.05, 4.69) is 21.5 Å². The first-order chi connectivity index (χ1) is 12.4. The first kappa shape index (κ1) is 18.6. The highest BCUT2D eigenvalue weighted by molar-refractivity contribution is 7.15. The Balaban J connectivity index is 1.55. The lowest BCUT2D eigenvalue weighted by molar-refractivity contribution is -0.116. The maximum atomic E-state index is 12.2. The molecule has 2 heterocycles. The molecule has 0 bridgehead atoms. The normalized spacial score (nSPS) is 10.9. The van der Waals surface area contributed by atoms with Crippen LogP contribution in [0.3, 0.4) is 0 Å². The minimum absolute atomic E-state index is 0.0585. The van der Waals surface area contributed by atoms with Gasteiger partial charge in [0.05, 0.1) is 5.69 Å². The van der Waals surface area contributed by atoms with Gasteiger partial charge in [0, 0.05) is 41.2 Å². The molecule has 0 fully saturated rings. The molecule has 3 aromatic rings. The number of nitrogens with zero attached hydrogens (tertiary/aromatic N) is 3. The molecule has 1 aromatic carbocycles. The van der Waals surface area contributed by atoms with Crippen LogP contribution in [0.15, 0.2) is 30.5 Å². The molecule has 7 heteroatoms. The molecule has 0 spiro atoms. The van der Waals surface area contributed by atoms with Gasteiger partial charge >= 0.3 is 0 Å². The molecule has 1 amide bonds. The maximum absolute atomic E-state index is 12.2. The van der Waals surface area contributed by atoms with Crippen LogP contribution in [0.25, 0.3) is 0 Å². The number of rotatable bonds is 6. The fourth-order valence-corrected chi connectivity index (χ4v) is 3.75. The zero-order chi connectivity index (χ0) is 18.7. The van der Waals surface area contributed by atoms with Crippen LogP contribution in [0.4, 0.5) is 5.13 Å². The number of thiazole rings is 1. The average Bonchev–Trinajstić information content (AvgIpc) is 3.14. The minimum atomic E-state index is -0.0585. The fourth-order valence-electron chi connectivity index (χ4n) is 2.69. The average molecular weight is 389 g/mol. The minimum Gasteiger partial charge on any atom is -0.302 e. The summed E-state index contributed by atoms with van der Waals surface area (Å²) in [6.45, 7) is 6.48. The predicted octanol–water partition coefficient (Wildman–Crippen LogP) is 4.54. The van der Waals surface area contributed by atoms with Crippen LogP contribution >= 0.6 is 22.9 Å². The number of carbonyl (C=O) groups is 1. The van der Waals surface area contributed by atoms with Gasteiger partial charge < -0.3 is 5.32 Å². The Kier molecular flexibility index (Phi) is 5.74. The molecule has 3 rings (SSSR count). The summed E-state index contributed by atoms with van der Waals surface area (Å²) >= 11 is 7.66. The summed E-state index contributed by atoms with van der Waals surface area (Å²) in [4.78, 5) is 17.5. The highest BCUT2D eigenvalue weighted by Crippen LogP contribution is 2.24. The van der Waals surface area contributed by atoms with Gasteiger partial charge in [0.2, 0.25) is 5.91 Å². The molecule has 26 heavy (non-hydrogen) atoms. The number of aromatic nitrogens is 3. The van der Waals surface area contributed by atoms with Crippen molar-refractivity contribution in [3.8, 4) is 0 Å². The number of amides is 1. The standard InChI is InChI=1S/C19H21ClN4OS/c1-12-4-5-15(10-17(12)20)9-16-11-21-19(26-16)22-18(25)6-7-24-14(3)8-13(2)23-24/h4-5,8,10-11H,6-7,9H2,1-3H3,(H,21,22,25). The second-order valence-corrected chi connectivity index (χ2v) is 7.86. The highest BCUT2D eigenvalue weighted by atomic mass is 35.5. The maximum Gasteiger partial charge on any atom is 0.228 e. The van der Waals surface area contributed by atoms with Crippen molar-refractivity contribution < 1.29 is 4.79 Å². The van der Waals surface area contributed by atoms with Crippen LogP contribution in [-0.2, 0) is 17.8 Å². The molecular weight excluding hydrogens is 368 g/mol. The molecule has 0 saturated carbocycles. The second kappa shape index (κ2) is 8.01. The summed E-state index contributed by atoms with van der Waals surface area (Å²) in [5.74, 6) is -0.0585. The molecule has 136 valence electrons. The number of halogens is 1. The number of carbonyl (C=O) groups excluding carboxylic acids is 1. The Morgan fingerprint density at radius 2 is 2.08 bits per heavy atom. The molecule has 0 aliphatic carbocycles. The van der Waals surface area contributed by atoms with Gasteiger partial charge in [0.15, 0.2) is 5.13 Å². The fraction of sp³-hybridized carbons (Fsp3) is 0.316. The third-order valence-electron chi connectivity index (χ3n) is 4.07. The first-order valence-corrected chi connectivity index (χ1v) is 9.61. The Morgan fingerprint density at radius 3 is 2.77 bits per heavy atom. The summed E-state index contributed by atoms with van der Waals surface area (Å²) in [5, 5.41) is 8.62. The lowest BCUT2D eigenvalue weighted by Gasteiger charge is -2.04. The first-order valence-electron chi connectivity index (χ1n) is 8.41. The van der Waals surface area contributed by atoms with E-state index in [1.807, 2.05) is 43.7 Å². The molecule has 2 aromatic heterocycles. The largest absolute Gasteiger partial charge is 0.302 e. The van der Waals surface area contributed by atoms with Crippen LogP contribution in [-0.4, -0.2) is 20.7 Å². The van der Waals surface area contributed by atoms with Crippen molar-refractivity contribution in [3.05, 3.63) is 62.9 Å². The number of anilines is 1. The number of hydrogen-bond acceptors (Lipinski definition) is 4. The molecule has 0 aliphatic rings. The van der Waals surface area contributed by atoms with E-state index in [9.17, 15) is 4.79 Å². The topological polar surface area (TPSA) is 59.8 Å². The van der Waals surface area contributed by atoms with E-state index in [1.165, 1.54) is 11.3 Å². The highest BCUT2D eigenvalue weighted by Gasteiger charge is 2.09. The third kappa shape index (κ3) is 4.71. The lowest BCUT2D eigenvalue weighted by atomic mass is 10.1. The van der Waals surface area contributed by atoms with Gasteiger partial charge in [-0.25, -0.2) is 4.98 Å². The van der Waals surface area contributed by atoms with E-state index >= 15 is 0 Å². The van der Waals surface area contributed by atoms with Gasteiger partial charge in [-0.2, -0.15) is 5.10 Å². The van der Waals surface area contributed by atoms with Gasteiger partial charge in [0.25, 0.3) is 0 Å². The van der Waals surface area contributed by atoms with Gasteiger partial charge in [-0.1, -0.05) is 23.7 Å². The summed E-state index contributed by atoms with van der Waals surface area (Å²) in [6.07, 6.45) is 2.92. The zero-order valence-electron chi connectivity index (χ0n) is 15.0. The number of nitrogens with one attached hydrogen (secondary N) is 1. The van der Waals surface area contributed by atoms with Gasteiger partial charge in [-0.15, -0.1) is 11.3 Å². The molecule has 1 N–H and O–H groups in total. The SMILES string of the molecule is Cc1cc(C)n(CCC(=O)Nc2ncc(Cc3ccc(C)c(Cl)c3)s2)n1. The zero-order valence-corrected chi connectivity index (χ0v) is 16.6. The number of benzene rings is 1. The van der Waals surface area contributed by atoms with Crippen LogP contribution in [0, 0.1) is 20.8 Å². The van der Waals surface area contributed by atoms with Crippen molar-refractivity contribution in [2.24, 2.45) is 0 Å². The molecule has 0 atom stereocenters. The Morgan fingerprint density at radius 1 is 1.27 bits per heavy atom. The molecule has 0 unspecified atom stereocenters. The van der Waals surface area contributed by atoms with E-state index in [0.29, 0.717) is 18.1 Å². The van der Waals surface area contributed by atoms with Crippen molar-refractivity contribution >= 4 is 34.0 Å². The van der Waals surface area contributed by atoms with Gasteiger partial charge in [-0.3, -0.25) is 9.48 Å². The van der Waals surface area contributed by atoms with E-state index in [-0.39, 0.29) is 5.91 Å². The number of hydrogen-bond donors (Lipinski definition) is 1. The molecule has 0 saturated heterocycles. The van der Waals surface area contributed by atoms with Crippen molar-refractivity contribution in [2.45, 2.75) is 40.2 Å². The van der Waals surface area contributed by atoms with Crippen LogP contribution in [0.2, 0.25) is 5.02 Å². The van der Waals surface area contributed by atoms with E-state index in [1.54, 1.807) is 6.20 Å². The second-order valence-electron chi connectivity index (χ2n) is 6.34. The molecule has 0 aliphatic heterocycles. The van der Waals surface area contributed by atoms with Crippen LogP contribution in [0.5, 0.6) is 0 Å². The van der Waals surface area contributed by atoms with E-state index in [4.69, 9.17) is 11.6 Å². The van der Waals surface area contributed by atoms with E-state index < -0.39 is 0 Å². The van der Waals surface area contributed by atoms with Crippen molar-refractivity contribution in [2.75, 3.05) is 5.32 Å². The summed E-state index contributed by atoms with van der Waals surface area (Å²) in [7, 11) is 0. The van der Waals surface area contributed by atoms with Crippen LogP contribution < -0.4 is 5.32 Å². The third-order valence-corrected chi connectivity index (χ3v) is 5.39. The summed E-state index contributed by atoms with van der Waals surface area (Å²) < 4.78 is 1.85. The molecule has 5 nitrogen and oxygen atoms in total. The van der Waals surface area contributed by atoms with Crippen LogP contribution in [0.1, 0.15) is 33.8 Å². The quantitative estimate of drug-likeness (QED) is 0.674. The monoisotopic (exact) mass is 388 g/mol. The van der Waals surface area contributed by atoms with Gasteiger partial charge in [-0.05, 0) is 44.0 Å². The Bertz CT molecular complexity index is 932. The van der Waals surface area contributed by atoms with Crippen molar-refractivity contribution in [1.29, 1.82) is 0 Å².